The van der Waals surface area contributed by atoms with Crippen LogP contribution in [0, 0.1) is 6.92 Å². The first kappa shape index (κ1) is 18.8. The van der Waals surface area contributed by atoms with Crippen LogP contribution < -0.4 is 0 Å². The molecule has 29 heavy (non-hydrogen) atoms. The van der Waals surface area contributed by atoms with Crippen LogP contribution in [0.5, 0.6) is 0 Å². The third kappa shape index (κ3) is 4.01. The van der Waals surface area contributed by atoms with E-state index in [1.54, 1.807) is 13.3 Å². The van der Waals surface area contributed by atoms with Crippen LogP contribution in [0.2, 0.25) is 0 Å². The summed E-state index contributed by atoms with van der Waals surface area (Å²) in [4.78, 5) is 26.0. The number of furan rings is 2. The lowest BCUT2D eigenvalue weighted by molar-refractivity contribution is -0.151. The van der Waals surface area contributed by atoms with Gasteiger partial charge in [-0.2, -0.15) is 0 Å². The number of amides is 1. The number of hydrogen-bond donors (Lipinski definition) is 0. The van der Waals surface area contributed by atoms with Crippen LogP contribution in [0.25, 0.3) is 21.7 Å². The Balaban J connectivity index is 1.40. The van der Waals surface area contributed by atoms with Crippen LogP contribution in [0.1, 0.15) is 17.1 Å². The van der Waals surface area contributed by atoms with Gasteiger partial charge in [0.1, 0.15) is 17.1 Å². The van der Waals surface area contributed by atoms with E-state index in [0.717, 1.165) is 33.1 Å². The quantitative estimate of drug-likeness (QED) is 0.460. The standard InChI is InChI=1S/C23H21NO5/c1-15-7-9-18(29-15)12-24(2)21(25)14-28-22(26)11-17-13-27-20-10-8-16-5-3-4-6-19(16)23(17)20/h3-10,13H,11-12,14H2,1-2H3. The van der Waals surface area contributed by atoms with E-state index in [1.807, 2.05) is 55.5 Å². The Morgan fingerprint density at radius 3 is 2.69 bits per heavy atom. The molecule has 0 unspecified atom stereocenters. The first-order chi connectivity index (χ1) is 14.0. The monoisotopic (exact) mass is 391 g/mol. The van der Waals surface area contributed by atoms with Crippen molar-refractivity contribution in [2.75, 3.05) is 13.7 Å². The Morgan fingerprint density at radius 2 is 1.90 bits per heavy atom. The van der Waals surface area contributed by atoms with Crippen molar-refractivity contribution in [2.24, 2.45) is 0 Å². The van der Waals surface area contributed by atoms with E-state index in [-0.39, 0.29) is 18.9 Å². The number of aryl methyl sites for hydroxylation is 1. The molecule has 2 aromatic carbocycles. The number of nitrogens with zero attached hydrogens (tertiary/aromatic N) is 1. The van der Waals surface area contributed by atoms with Gasteiger partial charge in [0.2, 0.25) is 0 Å². The number of hydrogen-bond acceptors (Lipinski definition) is 5. The van der Waals surface area contributed by atoms with Crippen molar-refractivity contribution in [3.63, 3.8) is 0 Å². The largest absolute Gasteiger partial charge is 0.464 e. The summed E-state index contributed by atoms with van der Waals surface area (Å²) in [6.07, 6.45) is 1.61. The van der Waals surface area contributed by atoms with E-state index < -0.39 is 5.97 Å². The van der Waals surface area contributed by atoms with Crippen molar-refractivity contribution in [1.29, 1.82) is 0 Å². The van der Waals surface area contributed by atoms with Gasteiger partial charge in [-0.15, -0.1) is 0 Å². The van der Waals surface area contributed by atoms with Gasteiger partial charge < -0.3 is 18.5 Å². The maximum atomic E-state index is 12.3. The van der Waals surface area contributed by atoms with Crippen molar-refractivity contribution in [2.45, 2.75) is 19.9 Å². The highest BCUT2D eigenvalue weighted by atomic mass is 16.5. The molecule has 6 nitrogen and oxygen atoms in total. The van der Waals surface area contributed by atoms with E-state index >= 15 is 0 Å². The maximum Gasteiger partial charge on any atom is 0.310 e. The molecule has 0 saturated carbocycles. The van der Waals surface area contributed by atoms with Gasteiger partial charge >= 0.3 is 5.97 Å². The lowest BCUT2D eigenvalue weighted by atomic mass is 10.0. The summed E-state index contributed by atoms with van der Waals surface area (Å²) in [5.74, 6) is 0.694. The van der Waals surface area contributed by atoms with E-state index in [0.29, 0.717) is 12.3 Å². The summed E-state index contributed by atoms with van der Waals surface area (Å²) in [5, 5.41) is 2.99. The van der Waals surface area contributed by atoms with Crippen molar-refractivity contribution in [1.82, 2.24) is 4.90 Å². The zero-order chi connectivity index (χ0) is 20.4. The molecule has 6 heteroatoms. The third-order valence-electron chi connectivity index (χ3n) is 4.85. The normalized spacial score (nSPS) is 11.1. The second kappa shape index (κ2) is 7.83. The Morgan fingerprint density at radius 1 is 1.07 bits per heavy atom. The maximum absolute atomic E-state index is 12.3. The summed E-state index contributed by atoms with van der Waals surface area (Å²) in [6, 6.07) is 15.5. The predicted octanol–water partition coefficient (Wildman–Crippen LogP) is 4.23. The van der Waals surface area contributed by atoms with E-state index in [4.69, 9.17) is 13.6 Å². The lowest BCUT2D eigenvalue weighted by Crippen LogP contribution is -2.30. The molecular weight excluding hydrogens is 370 g/mol. The van der Waals surface area contributed by atoms with E-state index in [2.05, 4.69) is 0 Å². The molecule has 0 aliphatic carbocycles. The average molecular weight is 391 g/mol. The first-order valence-electron chi connectivity index (χ1n) is 9.34. The molecule has 0 spiro atoms. The van der Waals surface area contributed by atoms with Crippen LogP contribution in [0.4, 0.5) is 0 Å². The van der Waals surface area contributed by atoms with Gasteiger partial charge in [0.05, 0.1) is 19.2 Å². The number of esters is 1. The predicted molar refractivity (Wildman–Crippen MR) is 108 cm³/mol. The SMILES string of the molecule is Cc1ccc(CN(C)C(=O)COC(=O)Cc2coc3ccc4ccccc4c23)o1. The van der Waals surface area contributed by atoms with Crippen molar-refractivity contribution >= 4 is 33.6 Å². The van der Waals surface area contributed by atoms with Gasteiger partial charge in [0.15, 0.2) is 6.61 Å². The van der Waals surface area contributed by atoms with Crippen molar-refractivity contribution < 1.29 is 23.2 Å². The summed E-state index contributed by atoms with van der Waals surface area (Å²) >= 11 is 0. The molecule has 0 N–H and O–H groups in total. The second-order valence-corrected chi connectivity index (χ2v) is 7.02. The molecule has 0 atom stereocenters. The fourth-order valence-corrected chi connectivity index (χ4v) is 3.36. The zero-order valence-corrected chi connectivity index (χ0v) is 16.3. The van der Waals surface area contributed by atoms with Crippen LogP contribution >= 0.6 is 0 Å². The van der Waals surface area contributed by atoms with Gasteiger partial charge in [0.25, 0.3) is 5.91 Å². The average Bonchev–Trinajstić information content (AvgIpc) is 3.32. The number of carbonyl (C=O) groups is 2. The minimum absolute atomic E-state index is 0.0371. The smallest absolute Gasteiger partial charge is 0.310 e. The van der Waals surface area contributed by atoms with Gasteiger partial charge in [0, 0.05) is 18.0 Å². The van der Waals surface area contributed by atoms with Gasteiger partial charge in [-0.3, -0.25) is 9.59 Å². The van der Waals surface area contributed by atoms with Gasteiger partial charge in [-0.1, -0.05) is 30.3 Å². The third-order valence-corrected chi connectivity index (χ3v) is 4.85. The summed E-state index contributed by atoms with van der Waals surface area (Å²) < 4.78 is 16.3. The van der Waals surface area contributed by atoms with Gasteiger partial charge in [-0.25, -0.2) is 0 Å². The summed E-state index contributed by atoms with van der Waals surface area (Å²) in [5.41, 5.74) is 1.46. The molecule has 0 fully saturated rings. The first-order valence-corrected chi connectivity index (χ1v) is 9.34. The second-order valence-electron chi connectivity index (χ2n) is 7.02. The van der Waals surface area contributed by atoms with E-state index in [9.17, 15) is 9.59 Å². The number of benzene rings is 2. The number of carbonyl (C=O) groups excluding carboxylic acids is 2. The molecule has 1 amide bonds. The molecular formula is C23H21NO5. The molecule has 0 bridgehead atoms. The fourth-order valence-electron chi connectivity index (χ4n) is 3.36. The Bertz CT molecular complexity index is 1190. The number of fused-ring (bicyclic) bond motifs is 3. The fraction of sp³-hybridized carbons (Fsp3) is 0.217. The molecule has 0 aliphatic rings. The minimum Gasteiger partial charge on any atom is -0.464 e. The Labute approximate surface area is 167 Å². The van der Waals surface area contributed by atoms with Crippen LogP contribution in [0.3, 0.4) is 0 Å². The number of ether oxygens (including phenoxy) is 1. The topological polar surface area (TPSA) is 72.9 Å². The molecule has 4 rings (SSSR count). The minimum atomic E-state index is -0.476. The van der Waals surface area contributed by atoms with Crippen LogP contribution in [-0.4, -0.2) is 30.4 Å². The number of likely N-dealkylation sites (N-methyl/N-ethyl adjacent to an activating group) is 1. The lowest BCUT2D eigenvalue weighted by Gasteiger charge is -2.15. The zero-order valence-electron chi connectivity index (χ0n) is 16.3. The molecule has 148 valence electrons. The van der Waals surface area contributed by atoms with Crippen molar-refractivity contribution in [3.05, 3.63) is 71.9 Å². The van der Waals surface area contributed by atoms with Crippen LogP contribution in [-0.2, 0) is 27.3 Å². The van der Waals surface area contributed by atoms with Crippen LogP contribution in [0.15, 0.2) is 63.6 Å². The molecule has 2 heterocycles. The molecule has 2 aromatic heterocycles. The highest BCUT2D eigenvalue weighted by molar-refractivity contribution is 6.08. The number of rotatable bonds is 6. The summed E-state index contributed by atoms with van der Waals surface area (Å²) in [6.45, 7) is 1.85. The Hall–Kier alpha value is -3.54. The van der Waals surface area contributed by atoms with E-state index in [1.165, 1.54) is 4.90 Å². The molecule has 0 aliphatic heterocycles. The molecule has 0 radical (unpaired) electrons. The Kier molecular flexibility index (Phi) is 5.08. The molecule has 0 saturated heterocycles. The van der Waals surface area contributed by atoms with Crippen molar-refractivity contribution in [3.8, 4) is 0 Å². The highest BCUT2D eigenvalue weighted by Crippen LogP contribution is 2.30. The highest BCUT2D eigenvalue weighted by Gasteiger charge is 2.17. The molecule has 4 aromatic rings. The van der Waals surface area contributed by atoms with Gasteiger partial charge in [-0.05, 0) is 35.9 Å². The summed E-state index contributed by atoms with van der Waals surface area (Å²) in [7, 11) is 1.64.